The van der Waals surface area contributed by atoms with Gasteiger partial charge in [-0.05, 0) is 49.2 Å². The Morgan fingerprint density at radius 3 is 2.13 bits per heavy atom. The lowest BCUT2D eigenvalue weighted by molar-refractivity contribution is -0.385. The van der Waals surface area contributed by atoms with Gasteiger partial charge in [-0.2, -0.15) is 0 Å². The van der Waals surface area contributed by atoms with Crippen LogP contribution in [0.5, 0.6) is 11.5 Å². The molecule has 0 spiro atoms. The number of amides is 1. The van der Waals surface area contributed by atoms with E-state index in [4.69, 9.17) is 4.74 Å². The highest BCUT2D eigenvalue weighted by atomic mass is 16.6. The largest absolute Gasteiger partial charge is 0.450 e. The maximum atomic E-state index is 12.6. The summed E-state index contributed by atoms with van der Waals surface area (Å²) in [6.07, 6.45) is 2.03. The van der Waals surface area contributed by atoms with Crippen molar-refractivity contribution in [1.29, 1.82) is 0 Å². The van der Waals surface area contributed by atoms with Crippen molar-refractivity contribution in [3.63, 3.8) is 0 Å². The first-order chi connectivity index (χ1) is 15.0. The number of hydrogen-bond acceptors (Lipinski definition) is 5. The Morgan fingerprint density at radius 1 is 0.839 bits per heavy atom. The second-order valence-electron chi connectivity index (χ2n) is 7.26. The van der Waals surface area contributed by atoms with Crippen molar-refractivity contribution >= 4 is 17.4 Å². The number of nitro groups is 1. The number of ether oxygens (including phenoxy) is 1. The van der Waals surface area contributed by atoms with Gasteiger partial charge in [0.05, 0.1) is 4.92 Å². The summed E-state index contributed by atoms with van der Waals surface area (Å²) in [7, 11) is 0. The molecule has 1 amide bonds. The van der Waals surface area contributed by atoms with E-state index in [1.165, 1.54) is 18.2 Å². The number of benzene rings is 3. The molecule has 1 saturated heterocycles. The molecule has 1 heterocycles. The van der Waals surface area contributed by atoms with Crippen LogP contribution in [0.1, 0.15) is 39.1 Å². The van der Waals surface area contributed by atoms with Crippen molar-refractivity contribution in [1.82, 2.24) is 4.90 Å². The lowest BCUT2D eigenvalue weighted by Crippen LogP contribution is -2.27. The third-order valence-electron chi connectivity index (χ3n) is 5.18. The first-order valence-corrected chi connectivity index (χ1v) is 9.98. The van der Waals surface area contributed by atoms with Crippen molar-refractivity contribution in [2.24, 2.45) is 0 Å². The van der Waals surface area contributed by atoms with E-state index in [1.54, 1.807) is 54.6 Å². The Kier molecular flexibility index (Phi) is 5.75. The summed E-state index contributed by atoms with van der Waals surface area (Å²) in [6.45, 7) is 1.52. The number of hydrogen-bond donors (Lipinski definition) is 0. The molecule has 0 radical (unpaired) electrons. The van der Waals surface area contributed by atoms with Crippen molar-refractivity contribution in [2.45, 2.75) is 12.8 Å². The molecule has 31 heavy (non-hydrogen) atoms. The van der Waals surface area contributed by atoms with Crippen LogP contribution < -0.4 is 4.74 Å². The van der Waals surface area contributed by atoms with E-state index in [0.717, 1.165) is 25.9 Å². The van der Waals surface area contributed by atoms with Gasteiger partial charge in [0.25, 0.3) is 5.91 Å². The van der Waals surface area contributed by atoms with Crippen LogP contribution in [0.3, 0.4) is 0 Å². The van der Waals surface area contributed by atoms with Crippen molar-refractivity contribution in [3.8, 4) is 11.5 Å². The summed E-state index contributed by atoms with van der Waals surface area (Å²) in [5.74, 6) is 0.0512. The molecule has 7 heteroatoms. The zero-order valence-corrected chi connectivity index (χ0v) is 16.7. The summed E-state index contributed by atoms with van der Waals surface area (Å²) >= 11 is 0. The number of ketones is 1. The number of nitrogens with zero attached hydrogens (tertiary/aromatic N) is 2. The second kappa shape index (κ2) is 8.79. The predicted molar refractivity (Wildman–Crippen MR) is 115 cm³/mol. The summed E-state index contributed by atoms with van der Waals surface area (Å²) in [6, 6.07) is 19.2. The van der Waals surface area contributed by atoms with Gasteiger partial charge < -0.3 is 9.64 Å². The van der Waals surface area contributed by atoms with Gasteiger partial charge in [-0.25, -0.2) is 0 Å². The molecule has 0 atom stereocenters. The van der Waals surface area contributed by atoms with E-state index in [-0.39, 0.29) is 28.7 Å². The topological polar surface area (TPSA) is 89.8 Å². The molecule has 1 fully saturated rings. The summed E-state index contributed by atoms with van der Waals surface area (Å²) in [5, 5.41) is 11.6. The minimum Gasteiger partial charge on any atom is -0.450 e. The Bertz CT molecular complexity index is 1120. The second-order valence-corrected chi connectivity index (χ2v) is 7.26. The number of nitro benzene ring substituents is 1. The third kappa shape index (κ3) is 4.45. The number of rotatable bonds is 6. The number of carbonyl (C=O) groups excluding carboxylic acids is 2. The van der Waals surface area contributed by atoms with Gasteiger partial charge in [0.15, 0.2) is 5.78 Å². The summed E-state index contributed by atoms with van der Waals surface area (Å²) in [4.78, 5) is 37.8. The molecule has 156 valence electrons. The van der Waals surface area contributed by atoms with E-state index in [0.29, 0.717) is 16.9 Å². The van der Waals surface area contributed by atoms with Gasteiger partial charge in [0, 0.05) is 35.8 Å². The average Bonchev–Trinajstić information content (AvgIpc) is 3.34. The van der Waals surface area contributed by atoms with E-state index >= 15 is 0 Å². The number of likely N-dealkylation sites (tertiary alicyclic amines) is 1. The molecule has 3 aromatic rings. The van der Waals surface area contributed by atoms with Gasteiger partial charge >= 0.3 is 5.69 Å². The minimum atomic E-state index is -0.581. The molecule has 0 N–H and O–H groups in total. The summed E-state index contributed by atoms with van der Waals surface area (Å²) < 4.78 is 5.69. The number of carbonyl (C=O) groups is 2. The van der Waals surface area contributed by atoms with Crippen LogP contribution in [-0.2, 0) is 0 Å². The quantitative estimate of drug-likeness (QED) is 0.325. The smallest absolute Gasteiger partial charge is 0.312 e. The molecule has 1 aliphatic rings. The van der Waals surface area contributed by atoms with E-state index in [1.807, 2.05) is 4.90 Å². The van der Waals surface area contributed by atoms with E-state index < -0.39 is 4.92 Å². The lowest BCUT2D eigenvalue weighted by atomic mass is 10.0. The van der Waals surface area contributed by atoms with Crippen molar-refractivity contribution < 1.29 is 19.2 Å². The minimum absolute atomic E-state index is 0.0215. The molecule has 4 rings (SSSR count). The molecule has 7 nitrogen and oxygen atoms in total. The molecule has 0 bridgehead atoms. The molecule has 0 aliphatic carbocycles. The fourth-order valence-corrected chi connectivity index (χ4v) is 3.54. The monoisotopic (exact) mass is 416 g/mol. The van der Waals surface area contributed by atoms with E-state index in [9.17, 15) is 19.7 Å². The van der Waals surface area contributed by atoms with Crippen LogP contribution in [0, 0.1) is 10.1 Å². The normalized spacial score (nSPS) is 13.1. The van der Waals surface area contributed by atoms with E-state index in [2.05, 4.69) is 0 Å². The van der Waals surface area contributed by atoms with Crippen molar-refractivity contribution in [2.75, 3.05) is 13.1 Å². The Hall–Kier alpha value is -4.00. The van der Waals surface area contributed by atoms with Crippen LogP contribution in [0.4, 0.5) is 5.69 Å². The SMILES string of the molecule is O=C(c1ccccc1)c1ccc(Oc2ccc(C(=O)N3CCCC3)cc2)c([N+](=O)[O-])c1. The van der Waals surface area contributed by atoms with Crippen molar-refractivity contribution in [3.05, 3.63) is 99.6 Å². The highest BCUT2D eigenvalue weighted by Gasteiger charge is 2.21. The zero-order chi connectivity index (χ0) is 21.8. The van der Waals surface area contributed by atoms with Crippen LogP contribution in [0.15, 0.2) is 72.8 Å². The predicted octanol–water partition coefficient (Wildman–Crippen LogP) is 4.85. The molecule has 1 aliphatic heterocycles. The zero-order valence-electron chi connectivity index (χ0n) is 16.7. The first kappa shape index (κ1) is 20.3. The van der Waals surface area contributed by atoms with Gasteiger partial charge in [0.1, 0.15) is 5.75 Å². The first-order valence-electron chi connectivity index (χ1n) is 9.98. The molecule has 0 aromatic heterocycles. The average molecular weight is 416 g/mol. The molecule has 3 aromatic carbocycles. The highest BCUT2D eigenvalue weighted by molar-refractivity contribution is 6.09. The Labute approximate surface area is 179 Å². The molecular formula is C24H20N2O5. The molecular weight excluding hydrogens is 396 g/mol. The summed E-state index contributed by atoms with van der Waals surface area (Å²) in [5.41, 5.74) is 0.895. The van der Waals surface area contributed by atoms with Crippen LogP contribution in [0.2, 0.25) is 0 Å². The highest BCUT2D eigenvalue weighted by Crippen LogP contribution is 2.33. The van der Waals surface area contributed by atoms with Gasteiger partial charge in [0.2, 0.25) is 5.75 Å². The maximum absolute atomic E-state index is 12.6. The Morgan fingerprint density at radius 2 is 1.48 bits per heavy atom. The fraction of sp³-hybridized carbons (Fsp3) is 0.167. The maximum Gasteiger partial charge on any atom is 0.312 e. The fourth-order valence-electron chi connectivity index (χ4n) is 3.54. The lowest BCUT2D eigenvalue weighted by Gasteiger charge is -2.15. The third-order valence-corrected chi connectivity index (χ3v) is 5.18. The van der Waals surface area contributed by atoms with Gasteiger partial charge in [-0.3, -0.25) is 19.7 Å². The Balaban J connectivity index is 1.54. The van der Waals surface area contributed by atoms with Crippen LogP contribution in [0.25, 0.3) is 0 Å². The van der Waals surface area contributed by atoms with Gasteiger partial charge in [-0.1, -0.05) is 30.3 Å². The van der Waals surface area contributed by atoms with Crippen LogP contribution in [-0.4, -0.2) is 34.6 Å². The molecule has 0 unspecified atom stereocenters. The van der Waals surface area contributed by atoms with Gasteiger partial charge in [-0.15, -0.1) is 0 Å². The standard InChI is InChI=1S/C24H20N2O5/c27-23(17-6-2-1-3-7-17)19-10-13-22(21(16-19)26(29)30)31-20-11-8-18(9-12-20)24(28)25-14-4-5-15-25/h1-3,6-13,16H,4-5,14-15H2. The molecule has 0 saturated carbocycles. The van der Waals surface area contributed by atoms with Crippen LogP contribution >= 0.6 is 0 Å².